The number of aromatic nitrogens is 2. The first-order valence-corrected chi connectivity index (χ1v) is 7.98. The molecule has 0 aliphatic carbocycles. The standard InChI is InChI=1S/C16H19BrN2O2/c1-2-7-13-14(17)15(20)19(16(21)18-13)11-6-10-12-8-4-3-5-9-12/h3-5,8-9H,2,6-7,10-11H2,1H3,(H,18,21). The van der Waals surface area contributed by atoms with Gasteiger partial charge in [-0.15, -0.1) is 0 Å². The zero-order valence-electron chi connectivity index (χ0n) is 12.1. The van der Waals surface area contributed by atoms with Crippen LogP contribution in [0.3, 0.4) is 0 Å². The van der Waals surface area contributed by atoms with Crippen molar-refractivity contribution in [2.75, 3.05) is 0 Å². The Morgan fingerprint density at radius 3 is 2.52 bits per heavy atom. The Hall–Kier alpha value is -1.62. The third-order valence-electron chi connectivity index (χ3n) is 3.39. The minimum absolute atomic E-state index is 0.240. The number of nitrogens with zero attached hydrogens (tertiary/aromatic N) is 1. The molecule has 5 heteroatoms. The smallest absolute Gasteiger partial charge is 0.310 e. The van der Waals surface area contributed by atoms with E-state index in [1.165, 1.54) is 10.1 Å². The average molecular weight is 351 g/mol. The van der Waals surface area contributed by atoms with E-state index in [0.29, 0.717) is 23.1 Å². The molecule has 0 bridgehead atoms. The highest BCUT2D eigenvalue weighted by atomic mass is 79.9. The minimum atomic E-state index is -0.320. The van der Waals surface area contributed by atoms with Gasteiger partial charge in [-0.2, -0.15) is 0 Å². The lowest BCUT2D eigenvalue weighted by Gasteiger charge is -2.08. The fourth-order valence-corrected chi connectivity index (χ4v) is 2.81. The first kappa shape index (κ1) is 15.8. The van der Waals surface area contributed by atoms with Crippen molar-refractivity contribution in [3.05, 3.63) is 66.9 Å². The molecule has 0 fully saturated rings. The zero-order chi connectivity index (χ0) is 15.2. The number of rotatable bonds is 6. The summed E-state index contributed by atoms with van der Waals surface area (Å²) in [6.45, 7) is 2.43. The van der Waals surface area contributed by atoms with Crippen LogP contribution < -0.4 is 11.2 Å². The molecular weight excluding hydrogens is 332 g/mol. The molecule has 0 saturated carbocycles. The van der Waals surface area contributed by atoms with Gasteiger partial charge < -0.3 is 4.98 Å². The number of aryl methyl sites for hydroxylation is 2. The number of aromatic amines is 1. The van der Waals surface area contributed by atoms with Crippen molar-refractivity contribution in [2.24, 2.45) is 0 Å². The summed E-state index contributed by atoms with van der Waals surface area (Å²) in [5.41, 5.74) is 1.34. The van der Waals surface area contributed by atoms with Crippen molar-refractivity contribution >= 4 is 15.9 Å². The van der Waals surface area contributed by atoms with Crippen LogP contribution in [0.5, 0.6) is 0 Å². The van der Waals surface area contributed by atoms with Gasteiger partial charge in [0.2, 0.25) is 0 Å². The predicted octanol–water partition coefficient (Wildman–Crippen LogP) is 2.88. The number of hydrogen-bond donors (Lipinski definition) is 1. The maximum absolute atomic E-state index is 12.2. The Balaban J connectivity index is 2.12. The molecule has 2 rings (SSSR count). The Morgan fingerprint density at radius 2 is 1.86 bits per heavy atom. The number of benzene rings is 1. The molecule has 4 nitrogen and oxygen atoms in total. The molecule has 2 aromatic rings. The van der Waals surface area contributed by atoms with E-state index in [0.717, 1.165) is 19.3 Å². The van der Waals surface area contributed by atoms with Gasteiger partial charge in [0.05, 0.1) is 0 Å². The second-order valence-corrected chi connectivity index (χ2v) is 5.81. The molecule has 0 spiro atoms. The normalized spacial score (nSPS) is 10.8. The van der Waals surface area contributed by atoms with E-state index in [2.05, 4.69) is 20.9 Å². The van der Waals surface area contributed by atoms with Crippen molar-refractivity contribution in [3.63, 3.8) is 0 Å². The molecule has 21 heavy (non-hydrogen) atoms. The van der Waals surface area contributed by atoms with Gasteiger partial charge in [-0.1, -0.05) is 43.7 Å². The first-order chi connectivity index (χ1) is 10.1. The van der Waals surface area contributed by atoms with E-state index in [-0.39, 0.29) is 11.2 Å². The largest absolute Gasteiger partial charge is 0.328 e. The van der Waals surface area contributed by atoms with Crippen LogP contribution in [-0.2, 0) is 19.4 Å². The van der Waals surface area contributed by atoms with E-state index in [1.54, 1.807) is 0 Å². The Labute approximate surface area is 132 Å². The highest BCUT2D eigenvalue weighted by molar-refractivity contribution is 9.10. The van der Waals surface area contributed by atoms with Crippen LogP contribution in [0, 0.1) is 0 Å². The van der Waals surface area contributed by atoms with Gasteiger partial charge in [-0.05, 0) is 40.8 Å². The molecular formula is C16H19BrN2O2. The van der Waals surface area contributed by atoms with Gasteiger partial charge in [0.15, 0.2) is 0 Å². The summed E-state index contributed by atoms with van der Waals surface area (Å²) < 4.78 is 1.75. The summed E-state index contributed by atoms with van der Waals surface area (Å²) in [5.74, 6) is 0. The topological polar surface area (TPSA) is 54.9 Å². The lowest BCUT2D eigenvalue weighted by molar-refractivity contribution is 0.581. The van der Waals surface area contributed by atoms with Crippen molar-refractivity contribution in [1.29, 1.82) is 0 Å². The zero-order valence-corrected chi connectivity index (χ0v) is 13.6. The van der Waals surface area contributed by atoms with Crippen LogP contribution in [0.1, 0.15) is 31.0 Å². The van der Waals surface area contributed by atoms with Gasteiger partial charge >= 0.3 is 5.69 Å². The summed E-state index contributed by atoms with van der Waals surface area (Å²) in [7, 11) is 0. The molecule has 0 amide bonds. The molecule has 1 N–H and O–H groups in total. The second kappa shape index (κ2) is 7.41. The molecule has 1 aromatic carbocycles. The van der Waals surface area contributed by atoms with Gasteiger partial charge in [-0.25, -0.2) is 4.79 Å². The number of hydrogen-bond acceptors (Lipinski definition) is 2. The number of nitrogens with one attached hydrogen (secondary N) is 1. The summed E-state index contributed by atoms with van der Waals surface area (Å²) in [5, 5.41) is 0. The summed E-state index contributed by atoms with van der Waals surface area (Å²) in [6, 6.07) is 10.1. The monoisotopic (exact) mass is 350 g/mol. The van der Waals surface area contributed by atoms with Crippen molar-refractivity contribution < 1.29 is 0 Å². The van der Waals surface area contributed by atoms with Crippen LogP contribution in [0.4, 0.5) is 0 Å². The lowest BCUT2D eigenvalue weighted by Crippen LogP contribution is -2.37. The maximum Gasteiger partial charge on any atom is 0.328 e. The van der Waals surface area contributed by atoms with Crippen LogP contribution >= 0.6 is 15.9 Å². The van der Waals surface area contributed by atoms with E-state index >= 15 is 0 Å². The number of halogens is 1. The van der Waals surface area contributed by atoms with Crippen LogP contribution in [0.25, 0.3) is 0 Å². The van der Waals surface area contributed by atoms with E-state index in [1.807, 2.05) is 37.3 Å². The molecule has 1 heterocycles. The fourth-order valence-electron chi connectivity index (χ4n) is 2.30. The van der Waals surface area contributed by atoms with Crippen LogP contribution in [0.2, 0.25) is 0 Å². The Bertz CT molecular complexity index is 704. The first-order valence-electron chi connectivity index (χ1n) is 7.19. The fraction of sp³-hybridized carbons (Fsp3) is 0.375. The SMILES string of the molecule is CCCc1[nH]c(=O)n(CCCc2ccccc2)c(=O)c1Br. The summed E-state index contributed by atoms with van der Waals surface area (Å²) in [6.07, 6.45) is 3.18. The average Bonchev–Trinajstić information content (AvgIpc) is 2.49. The van der Waals surface area contributed by atoms with Crippen molar-refractivity contribution in [1.82, 2.24) is 9.55 Å². The molecule has 0 aliphatic rings. The third kappa shape index (κ3) is 3.94. The quantitative estimate of drug-likeness (QED) is 0.870. The minimum Gasteiger partial charge on any atom is -0.310 e. The van der Waals surface area contributed by atoms with Crippen molar-refractivity contribution in [2.45, 2.75) is 39.2 Å². The van der Waals surface area contributed by atoms with Crippen LogP contribution in [-0.4, -0.2) is 9.55 Å². The molecule has 0 saturated heterocycles. The Kier molecular flexibility index (Phi) is 5.56. The summed E-state index contributed by atoms with van der Waals surface area (Å²) >= 11 is 3.30. The predicted molar refractivity (Wildman–Crippen MR) is 87.8 cm³/mol. The molecule has 1 aromatic heterocycles. The molecule has 0 radical (unpaired) electrons. The highest BCUT2D eigenvalue weighted by Gasteiger charge is 2.10. The highest BCUT2D eigenvalue weighted by Crippen LogP contribution is 2.09. The van der Waals surface area contributed by atoms with Gasteiger partial charge in [0.1, 0.15) is 4.47 Å². The van der Waals surface area contributed by atoms with E-state index in [4.69, 9.17) is 0 Å². The van der Waals surface area contributed by atoms with Gasteiger partial charge in [0, 0.05) is 12.2 Å². The van der Waals surface area contributed by atoms with Gasteiger partial charge in [-0.3, -0.25) is 9.36 Å². The molecule has 112 valence electrons. The van der Waals surface area contributed by atoms with E-state index in [9.17, 15) is 9.59 Å². The second-order valence-electron chi connectivity index (χ2n) is 5.02. The maximum atomic E-state index is 12.2. The molecule has 0 unspecified atom stereocenters. The van der Waals surface area contributed by atoms with Crippen molar-refractivity contribution in [3.8, 4) is 0 Å². The van der Waals surface area contributed by atoms with E-state index < -0.39 is 0 Å². The molecule has 0 atom stereocenters. The lowest BCUT2D eigenvalue weighted by atomic mass is 10.1. The third-order valence-corrected chi connectivity index (χ3v) is 4.21. The molecule has 0 aliphatic heterocycles. The Morgan fingerprint density at radius 1 is 1.14 bits per heavy atom. The van der Waals surface area contributed by atoms with Crippen LogP contribution in [0.15, 0.2) is 44.4 Å². The number of H-pyrrole nitrogens is 1. The summed E-state index contributed by atoms with van der Waals surface area (Å²) in [4.78, 5) is 27.0. The van der Waals surface area contributed by atoms with Gasteiger partial charge in [0.25, 0.3) is 5.56 Å².